The molecule has 1 saturated carbocycles. The minimum Gasteiger partial charge on any atom is -0.381 e. The topological polar surface area (TPSA) is 38.5 Å². The fraction of sp³-hybridized carbons (Fsp3) is 1.00. The predicted molar refractivity (Wildman–Crippen MR) is 75.6 cm³/mol. The van der Waals surface area contributed by atoms with Crippen molar-refractivity contribution < 1.29 is 4.74 Å². The van der Waals surface area contributed by atoms with Crippen LogP contribution in [0.25, 0.3) is 0 Å². The molecule has 0 radical (unpaired) electrons. The summed E-state index contributed by atoms with van der Waals surface area (Å²) in [5.74, 6) is 1.66. The number of hydrogen-bond donors (Lipinski definition) is 1. The van der Waals surface area contributed by atoms with E-state index in [2.05, 4.69) is 18.7 Å². The number of ether oxygens (including phenoxy) is 1. The first kappa shape index (κ1) is 14.3. The normalized spacial score (nSPS) is 38.5. The number of rotatable bonds is 4. The third-order valence-corrected chi connectivity index (χ3v) is 5.33. The van der Waals surface area contributed by atoms with Gasteiger partial charge in [-0.25, -0.2) is 0 Å². The standard InChI is InChI=1S/C15H30N2O/c1-12(2)13-6-8-17(10-13)15(11-16)7-4-5-14(9-15)18-3/h12-14H,4-11,16H2,1-3H3. The number of nitrogens with two attached hydrogens (primary N) is 1. The Balaban J connectivity index is 2.03. The third-order valence-electron chi connectivity index (χ3n) is 5.33. The minimum atomic E-state index is 0.225. The zero-order valence-corrected chi connectivity index (χ0v) is 12.3. The van der Waals surface area contributed by atoms with Gasteiger partial charge in [-0.1, -0.05) is 13.8 Å². The molecule has 0 spiro atoms. The third kappa shape index (κ3) is 2.73. The summed E-state index contributed by atoms with van der Waals surface area (Å²) in [7, 11) is 1.85. The van der Waals surface area contributed by atoms with Crippen LogP contribution >= 0.6 is 0 Å². The molecule has 18 heavy (non-hydrogen) atoms. The highest BCUT2D eigenvalue weighted by Gasteiger charge is 2.43. The van der Waals surface area contributed by atoms with Crippen LogP contribution in [0.2, 0.25) is 0 Å². The monoisotopic (exact) mass is 254 g/mol. The van der Waals surface area contributed by atoms with Crippen molar-refractivity contribution in [3.05, 3.63) is 0 Å². The average Bonchev–Trinajstić information content (AvgIpc) is 2.89. The minimum absolute atomic E-state index is 0.225. The molecule has 0 aromatic rings. The molecule has 1 saturated heterocycles. The van der Waals surface area contributed by atoms with E-state index >= 15 is 0 Å². The van der Waals surface area contributed by atoms with E-state index in [0.717, 1.165) is 24.8 Å². The van der Waals surface area contributed by atoms with Crippen molar-refractivity contribution in [3.63, 3.8) is 0 Å². The van der Waals surface area contributed by atoms with Crippen LogP contribution < -0.4 is 5.73 Å². The van der Waals surface area contributed by atoms with E-state index in [9.17, 15) is 0 Å². The maximum atomic E-state index is 6.16. The van der Waals surface area contributed by atoms with Gasteiger partial charge in [0.05, 0.1) is 6.10 Å². The van der Waals surface area contributed by atoms with Gasteiger partial charge in [-0.2, -0.15) is 0 Å². The Morgan fingerprint density at radius 3 is 2.72 bits per heavy atom. The molecule has 0 amide bonds. The molecule has 3 atom stereocenters. The first-order valence-corrected chi connectivity index (χ1v) is 7.59. The van der Waals surface area contributed by atoms with Crippen LogP contribution in [0.15, 0.2) is 0 Å². The van der Waals surface area contributed by atoms with E-state index in [0.29, 0.717) is 6.10 Å². The lowest BCUT2D eigenvalue weighted by Crippen LogP contribution is -2.56. The van der Waals surface area contributed by atoms with E-state index in [4.69, 9.17) is 10.5 Å². The van der Waals surface area contributed by atoms with Crippen molar-refractivity contribution in [1.29, 1.82) is 0 Å². The first-order valence-electron chi connectivity index (χ1n) is 7.59. The van der Waals surface area contributed by atoms with Crippen LogP contribution in [0.1, 0.15) is 46.0 Å². The van der Waals surface area contributed by atoms with Gasteiger partial charge in [0.2, 0.25) is 0 Å². The van der Waals surface area contributed by atoms with Crippen LogP contribution in [-0.4, -0.2) is 43.3 Å². The molecule has 3 nitrogen and oxygen atoms in total. The van der Waals surface area contributed by atoms with E-state index in [1.807, 2.05) is 7.11 Å². The van der Waals surface area contributed by atoms with Gasteiger partial charge in [-0.3, -0.25) is 4.90 Å². The zero-order chi connectivity index (χ0) is 13.2. The van der Waals surface area contributed by atoms with Gasteiger partial charge in [0, 0.05) is 25.7 Å². The van der Waals surface area contributed by atoms with Gasteiger partial charge < -0.3 is 10.5 Å². The number of hydrogen-bond acceptors (Lipinski definition) is 3. The van der Waals surface area contributed by atoms with Crippen molar-refractivity contribution in [2.24, 2.45) is 17.6 Å². The fourth-order valence-electron chi connectivity index (χ4n) is 3.85. The van der Waals surface area contributed by atoms with Crippen molar-refractivity contribution in [2.75, 3.05) is 26.7 Å². The van der Waals surface area contributed by atoms with Crippen LogP contribution in [-0.2, 0) is 4.74 Å². The molecule has 1 heterocycles. The van der Waals surface area contributed by atoms with Gasteiger partial charge in [0.1, 0.15) is 0 Å². The second-order valence-corrected chi connectivity index (χ2v) is 6.62. The fourth-order valence-corrected chi connectivity index (χ4v) is 3.85. The summed E-state index contributed by atoms with van der Waals surface area (Å²) in [5.41, 5.74) is 6.38. The molecule has 0 aromatic heterocycles. The Morgan fingerprint density at radius 2 is 2.17 bits per heavy atom. The summed E-state index contributed by atoms with van der Waals surface area (Å²) in [5, 5.41) is 0. The number of methoxy groups -OCH3 is 1. The Hall–Kier alpha value is -0.120. The van der Waals surface area contributed by atoms with E-state index < -0.39 is 0 Å². The SMILES string of the molecule is COC1CCCC(CN)(N2CCC(C(C)C)C2)C1. The van der Waals surface area contributed by atoms with Gasteiger partial charge in [-0.05, 0) is 50.5 Å². The van der Waals surface area contributed by atoms with Crippen LogP contribution in [0.3, 0.4) is 0 Å². The highest BCUT2D eigenvalue weighted by Crippen LogP contribution is 2.38. The largest absolute Gasteiger partial charge is 0.381 e. The van der Waals surface area contributed by atoms with E-state index in [1.165, 1.54) is 38.8 Å². The Morgan fingerprint density at radius 1 is 1.39 bits per heavy atom. The lowest BCUT2D eigenvalue weighted by molar-refractivity contribution is -0.0148. The molecule has 2 N–H and O–H groups in total. The lowest BCUT2D eigenvalue weighted by atomic mass is 9.78. The van der Waals surface area contributed by atoms with Crippen LogP contribution in [0.4, 0.5) is 0 Å². The van der Waals surface area contributed by atoms with E-state index in [-0.39, 0.29) is 5.54 Å². The quantitative estimate of drug-likeness (QED) is 0.836. The molecule has 0 aromatic carbocycles. The summed E-state index contributed by atoms with van der Waals surface area (Å²) in [6, 6.07) is 0. The van der Waals surface area contributed by atoms with Crippen molar-refractivity contribution in [3.8, 4) is 0 Å². The lowest BCUT2D eigenvalue weighted by Gasteiger charge is -2.46. The van der Waals surface area contributed by atoms with Crippen molar-refractivity contribution >= 4 is 0 Å². The molecule has 1 aliphatic carbocycles. The summed E-state index contributed by atoms with van der Waals surface area (Å²) in [4.78, 5) is 2.68. The molecule has 2 aliphatic rings. The molecule has 0 bridgehead atoms. The van der Waals surface area contributed by atoms with Crippen LogP contribution in [0.5, 0.6) is 0 Å². The van der Waals surface area contributed by atoms with Gasteiger partial charge in [-0.15, -0.1) is 0 Å². The first-order chi connectivity index (χ1) is 8.61. The van der Waals surface area contributed by atoms with Gasteiger partial charge >= 0.3 is 0 Å². The van der Waals surface area contributed by atoms with E-state index in [1.54, 1.807) is 0 Å². The summed E-state index contributed by atoms with van der Waals surface area (Å²) in [6.07, 6.45) is 6.62. The number of nitrogens with zero attached hydrogens (tertiary/aromatic N) is 1. The molecule has 2 rings (SSSR count). The zero-order valence-electron chi connectivity index (χ0n) is 12.3. The van der Waals surface area contributed by atoms with Crippen molar-refractivity contribution in [2.45, 2.75) is 57.6 Å². The molecular formula is C15H30N2O. The number of likely N-dealkylation sites (tertiary alicyclic amines) is 1. The molecular weight excluding hydrogens is 224 g/mol. The molecule has 2 fully saturated rings. The smallest absolute Gasteiger partial charge is 0.0589 e. The maximum absolute atomic E-state index is 6.16. The molecule has 3 heteroatoms. The Kier molecular flexibility index (Phi) is 4.68. The molecule has 106 valence electrons. The average molecular weight is 254 g/mol. The maximum Gasteiger partial charge on any atom is 0.0589 e. The summed E-state index contributed by atoms with van der Waals surface area (Å²) < 4.78 is 5.60. The molecule has 3 unspecified atom stereocenters. The Labute approximate surface area is 112 Å². The van der Waals surface area contributed by atoms with Gasteiger partial charge in [0.15, 0.2) is 0 Å². The van der Waals surface area contributed by atoms with Gasteiger partial charge in [0.25, 0.3) is 0 Å². The highest BCUT2D eigenvalue weighted by molar-refractivity contribution is 5.00. The van der Waals surface area contributed by atoms with Crippen LogP contribution in [0, 0.1) is 11.8 Å². The highest BCUT2D eigenvalue weighted by atomic mass is 16.5. The second kappa shape index (κ2) is 5.89. The summed E-state index contributed by atoms with van der Waals surface area (Å²) in [6.45, 7) is 7.96. The summed E-state index contributed by atoms with van der Waals surface area (Å²) >= 11 is 0. The Bertz CT molecular complexity index is 269. The molecule has 1 aliphatic heterocycles. The van der Waals surface area contributed by atoms with Crippen molar-refractivity contribution in [1.82, 2.24) is 4.90 Å². The second-order valence-electron chi connectivity index (χ2n) is 6.62. The predicted octanol–water partition coefficient (Wildman–Crippen LogP) is 2.25.